The molecule has 1 aromatic carbocycles. The molecule has 4 aliphatic carbocycles. The molecule has 2 nitrogen and oxygen atoms in total. The molecule has 1 aromatic rings. The van der Waals surface area contributed by atoms with Gasteiger partial charge in [-0.15, -0.1) is 0 Å². The number of benzene rings is 1. The van der Waals surface area contributed by atoms with Crippen molar-refractivity contribution in [1.29, 1.82) is 0 Å². The fourth-order valence-corrected chi connectivity index (χ4v) is 5.42. The average Bonchev–Trinajstić information content (AvgIpc) is 2.37. The lowest BCUT2D eigenvalue weighted by Gasteiger charge is -2.57. The van der Waals surface area contributed by atoms with Gasteiger partial charge in [0.2, 0.25) is 0 Å². The van der Waals surface area contributed by atoms with E-state index in [2.05, 4.69) is 17.4 Å². The molecular formula is C17H22N2S. The summed E-state index contributed by atoms with van der Waals surface area (Å²) in [4.78, 5) is 0.478. The molecule has 0 atom stereocenters. The van der Waals surface area contributed by atoms with Crippen LogP contribution in [0.25, 0.3) is 0 Å². The first-order valence-corrected chi connectivity index (χ1v) is 8.21. The second-order valence-electron chi connectivity index (χ2n) is 7.26. The summed E-state index contributed by atoms with van der Waals surface area (Å²) in [6.45, 7) is 0. The molecule has 0 amide bonds. The van der Waals surface area contributed by atoms with E-state index in [1.807, 2.05) is 12.1 Å². The maximum Gasteiger partial charge on any atom is 0.103 e. The Morgan fingerprint density at radius 3 is 1.95 bits per heavy atom. The van der Waals surface area contributed by atoms with Gasteiger partial charge in [0.1, 0.15) is 4.99 Å². The highest BCUT2D eigenvalue weighted by atomic mass is 32.1. The first kappa shape index (κ1) is 12.6. The summed E-state index contributed by atoms with van der Waals surface area (Å²) in [5, 5.41) is 3.87. The van der Waals surface area contributed by atoms with Crippen molar-refractivity contribution >= 4 is 22.9 Å². The summed E-state index contributed by atoms with van der Waals surface area (Å²) < 4.78 is 0. The maximum absolute atomic E-state index is 5.66. The molecule has 0 heterocycles. The van der Waals surface area contributed by atoms with E-state index in [4.69, 9.17) is 18.0 Å². The number of nitrogens with one attached hydrogen (secondary N) is 1. The van der Waals surface area contributed by atoms with Gasteiger partial charge in [-0.2, -0.15) is 0 Å². The molecule has 4 aliphatic rings. The third-order valence-electron chi connectivity index (χ3n) is 5.62. The van der Waals surface area contributed by atoms with Gasteiger partial charge >= 0.3 is 0 Å². The molecule has 0 spiro atoms. The van der Waals surface area contributed by atoms with Crippen LogP contribution in [0, 0.1) is 17.8 Å². The Kier molecular flexibility index (Phi) is 2.81. The van der Waals surface area contributed by atoms with Crippen molar-refractivity contribution in [2.24, 2.45) is 23.5 Å². The van der Waals surface area contributed by atoms with Crippen LogP contribution >= 0.6 is 12.2 Å². The van der Waals surface area contributed by atoms with Gasteiger partial charge in [-0.25, -0.2) is 0 Å². The summed E-state index contributed by atoms with van der Waals surface area (Å²) in [6.07, 6.45) is 8.58. The highest BCUT2D eigenvalue weighted by Gasteiger charge is 2.50. The monoisotopic (exact) mass is 286 g/mol. The predicted molar refractivity (Wildman–Crippen MR) is 86.9 cm³/mol. The molecule has 3 N–H and O–H groups in total. The molecule has 20 heavy (non-hydrogen) atoms. The summed E-state index contributed by atoms with van der Waals surface area (Å²) in [7, 11) is 0. The molecule has 4 saturated carbocycles. The fraction of sp³-hybridized carbons (Fsp3) is 0.588. The molecule has 0 aromatic heterocycles. The van der Waals surface area contributed by atoms with E-state index < -0.39 is 0 Å². The van der Waals surface area contributed by atoms with E-state index >= 15 is 0 Å². The lowest BCUT2D eigenvalue weighted by atomic mass is 9.53. The number of hydrogen-bond donors (Lipinski definition) is 2. The highest BCUT2D eigenvalue weighted by molar-refractivity contribution is 7.80. The predicted octanol–water partition coefficient (Wildman–Crippen LogP) is 3.70. The molecule has 4 fully saturated rings. The van der Waals surface area contributed by atoms with Crippen LogP contribution in [0.1, 0.15) is 44.1 Å². The minimum atomic E-state index is 0.374. The van der Waals surface area contributed by atoms with Crippen molar-refractivity contribution < 1.29 is 0 Å². The fourth-order valence-electron chi connectivity index (χ4n) is 5.29. The van der Waals surface area contributed by atoms with Crippen molar-refractivity contribution in [3.8, 4) is 0 Å². The third kappa shape index (κ3) is 2.12. The van der Waals surface area contributed by atoms with Crippen LogP contribution in [-0.4, -0.2) is 10.5 Å². The highest BCUT2D eigenvalue weighted by Crippen LogP contribution is 2.56. The van der Waals surface area contributed by atoms with Crippen LogP contribution in [0.4, 0.5) is 5.69 Å². The lowest BCUT2D eigenvalue weighted by Crippen LogP contribution is -2.54. The second-order valence-corrected chi connectivity index (χ2v) is 7.70. The largest absolute Gasteiger partial charge is 0.389 e. The van der Waals surface area contributed by atoms with Gasteiger partial charge in [-0.3, -0.25) is 0 Å². The van der Waals surface area contributed by atoms with E-state index in [9.17, 15) is 0 Å². The number of anilines is 1. The van der Waals surface area contributed by atoms with E-state index in [1.54, 1.807) is 0 Å². The minimum Gasteiger partial charge on any atom is -0.389 e. The van der Waals surface area contributed by atoms with Gasteiger partial charge in [0, 0.05) is 16.8 Å². The Labute approximate surface area is 126 Å². The molecule has 106 valence electrons. The third-order valence-corrected chi connectivity index (χ3v) is 5.85. The zero-order chi connectivity index (χ0) is 13.7. The molecule has 0 aliphatic heterocycles. The van der Waals surface area contributed by atoms with Crippen LogP contribution in [0.2, 0.25) is 0 Å². The minimum absolute atomic E-state index is 0.374. The van der Waals surface area contributed by atoms with Gasteiger partial charge in [0.25, 0.3) is 0 Å². The number of rotatable bonds is 3. The molecular weight excluding hydrogens is 264 g/mol. The molecule has 0 unspecified atom stereocenters. The molecule has 0 radical (unpaired) electrons. The van der Waals surface area contributed by atoms with Crippen molar-refractivity contribution in [2.75, 3.05) is 5.32 Å². The molecule has 3 heteroatoms. The van der Waals surface area contributed by atoms with Crippen LogP contribution < -0.4 is 11.1 Å². The van der Waals surface area contributed by atoms with Gasteiger partial charge in [0.15, 0.2) is 0 Å². The standard InChI is InChI=1S/C17H22N2S/c18-16(20)14-1-3-15(4-2-14)19-17-8-11-5-12(9-17)7-13(6-11)10-17/h1-4,11-13,19H,5-10H2,(H2,18,20). The van der Waals surface area contributed by atoms with Crippen molar-refractivity contribution in [3.05, 3.63) is 29.8 Å². The number of thiocarbonyl (C=S) groups is 1. The number of hydrogen-bond acceptors (Lipinski definition) is 2. The van der Waals surface area contributed by atoms with Crippen molar-refractivity contribution in [3.63, 3.8) is 0 Å². The molecule has 4 bridgehead atoms. The second kappa shape index (κ2) is 4.45. The zero-order valence-electron chi connectivity index (χ0n) is 11.8. The van der Waals surface area contributed by atoms with Gasteiger partial charge in [-0.1, -0.05) is 12.2 Å². The first-order valence-electron chi connectivity index (χ1n) is 7.80. The Morgan fingerprint density at radius 2 is 1.50 bits per heavy atom. The topological polar surface area (TPSA) is 38.0 Å². The zero-order valence-corrected chi connectivity index (χ0v) is 12.6. The SMILES string of the molecule is NC(=S)c1ccc(NC23CC4CC(CC(C4)C2)C3)cc1. The normalized spacial score (nSPS) is 37.9. The van der Waals surface area contributed by atoms with E-state index in [1.165, 1.54) is 44.2 Å². The molecule has 5 rings (SSSR count). The lowest BCUT2D eigenvalue weighted by molar-refractivity contribution is 0.0107. The van der Waals surface area contributed by atoms with Crippen LogP contribution in [0.15, 0.2) is 24.3 Å². The summed E-state index contributed by atoms with van der Waals surface area (Å²) in [5.41, 5.74) is 8.22. The quantitative estimate of drug-likeness (QED) is 0.832. The van der Waals surface area contributed by atoms with Gasteiger partial charge < -0.3 is 11.1 Å². The smallest absolute Gasteiger partial charge is 0.103 e. The van der Waals surface area contributed by atoms with Gasteiger partial charge in [-0.05, 0) is 80.5 Å². The van der Waals surface area contributed by atoms with E-state index in [-0.39, 0.29) is 0 Å². The van der Waals surface area contributed by atoms with Crippen LogP contribution in [-0.2, 0) is 0 Å². The Bertz CT molecular complexity index is 499. The first-order chi connectivity index (χ1) is 9.62. The van der Waals surface area contributed by atoms with Crippen molar-refractivity contribution in [1.82, 2.24) is 0 Å². The average molecular weight is 286 g/mol. The van der Waals surface area contributed by atoms with Crippen LogP contribution in [0.5, 0.6) is 0 Å². The Morgan fingerprint density at radius 1 is 1.00 bits per heavy atom. The summed E-state index contributed by atoms with van der Waals surface area (Å²) >= 11 is 5.01. The Hall–Kier alpha value is -1.09. The maximum atomic E-state index is 5.66. The summed E-state index contributed by atoms with van der Waals surface area (Å²) in [5.74, 6) is 2.93. The van der Waals surface area contributed by atoms with Crippen LogP contribution in [0.3, 0.4) is 0 Å². The summed E-state index contributed by atoms with van der Waals surface area (Å²) in [6, 6.07) is 8.33. The molecule has 0 saturated heterocycles. The number of nitrogens with two attached hydrogens (primary N) is 1. The van der Waals surface area contributed by atoms with Crippen molar-refractivity contribution in [2.45, 2.75) is 44.1 Å². The van der Waals surface area contributed by atoms with Gasteiger partial charge in [0.05, 0.1) is 0 Å². The van der Waals surface area contributed by atoms with E-state index in [0.717, 1.165) is 23.3 Å². The Balaban J connectivity index is 1.55. The van der Waals surface area contributed by atoms with E-state index in [0.29, 0.717) is 10.5 Å².